The lowest BCUT2D eigenvalue weighted by molar-refractivity contribution is 0.460. The largest absolute Gasteiger partial charge is 0.353 e. The molecule has 0 radical (unpaired) electrons. The number of benzene rings is 1. The van der Waals surface area contributed by atoms with Crippen LogP contribution in [-0.2, 0) is 0 Å². The smallest absolute Gasteiger partial charge is 0.181 e. The second kappa shape index (κ2) is 6.81. The predicted octanol–water partition coefficient (Wildman–Crippen LogP) is 4.07. The van der Waals surface area contributed by atoms with Gasteiger partial charge in [0.25, 0.3) is 0 Å². The summed E-state index contributed by atoms with van der Waals surface area (Å²) in [6.07, 6.45) is 8.20. The zero-order valence-corrected chi connectivity index (χ0v) is 16.8. The molecule has 4 aromatic heterocycles. The predicted molar refractivity (Wildman–Crippen MR) is 118 cm³/mol. The SMILES string of the molecule is Cc1cn(-c2cccc3[nH]c(-c4[nH]nc5ncc(C6CCNCC6)cc45)cc23)cn1. The summed E-state index contributed by atoms with van der Waals surface area (Å²) in [6, 6.07) is 10.7. The number of hydrogen-bond donors (Lipinski definition) is 3. The van der Waals surface area contributed by atoms with Gasteiger partial charge in [0.15, 0.2) is 5.65 Å². The van der Waals surface area contributed by atoms with Crippen LogP contribution in [0.4, 0.5) is 0 Å². The number of pyridine rings is 1. The molecule has 6 rings (SSSR count). The number of H-pyrrole nitrogens is 2. The quantitative estimate of drug-likeness (QED) is 0.428. The first-order valence-electron chi connectivity index (χ1n) is 10.4. The molecular weight excluding hydrogens is 374 g/mol. The van der Waals surface area contributed by atoms with Crippen molar-refractivity contribution in [3.63, 3.8) is 0 Å². The van der Waals surface area contributed by atoms with E-state index in [9.17, 15) is 0 Å². The van der Waals surface area contributed by atoms with E-state index in [0.717, 1.165) is 70.6 Å². The van der Waals surface area contributed by atoms with E-state index in [0.29, 0.717) is 5.92 Å². The summed E-state index contributed by atoms with van der Waals surface area (Å²) in [5.74, 6) is 0.560. The molecule has 0 saturated carbocycles. The molecule has 5 aromatic rings. The van der Waals surface area contributed by atoms with E-state index in [4.69, 9.17) is 0 Å². The lowest BCUT2D eigenvalue weighted by atomic mass is 9.91. The zero-order valence-electron chi connectivity index (χ0n) is 16.8. The number of imidazole rings is 1. The highest BCUT2D eigenvalue weighted by atomic mass is 15.2. The van der Waals surface area contributed by atoms with Gasteiger partial charge in [-0.3, -0.25) is 5.10 Å². The molecule has 1 aromatic carbocycles. The zero-order chi connectivity index (χ0) is 20.1. The highest BCUT2D eigenvalue weighted by Gasteiger charge is 2.19. The van der Waals surface area contributed by atoms with Crippen molar-refractivity contribution >= 4 is 21.9 Å². The van der Waals surface area contributed by atoms with Crippen LogP contribution < -0.4 is 5.32 Å². The molecule has 7 nitrogen and oxygen atoms in total. The van der Waals surface area contributed by atoms with Crippen molar-refractivity contribution in [3.05, 3.63) is 60.3 Å². The summed E-state index contributed by atoms with van der Waals surface area (Å²) in [5, 5.41) is 13.3. The maximum atomic E-state index is 4.64. The van der Waals surface area contributed by atoms with E-state index in [1.54, 1.807) is 0 Å². The van der Waals surface area contributed by atoms with Gasteiger partial charge in [-0.1, -0.05) is 6.07 Å². The van der Waals surface area contributed by atoms with Crippen LogP contribution in [0.15, 0.2) is 49.1 Å². The van der Waals surface area contributed by atoms with E-state index >= 15 is 0 Å². The van der Waals surface area contributed by atoms with E-state index in [1.165, 1.54) is 5.56 Å². The summed E-state index contributed by atoms with van der Waals surface area (Å²) in [6.45, 7) is 4.14. The van der Waals surface area contributed by atoms with Gasteiger partial charge in [0, 0.05) is 28.7 Å². The molecule has 0 atom stereocenters. The lowest BCUT2D eigenvalue weighted by Crippen LogP contribution is -2.26. The Bertz CT molecular complexity index is 1350. The molecule has 0 amide bonds. The summed E-state index contributed by atoms with van der Waals surface area (Å²) in [5.41, 5.74) is 7.24. The summed E-state index contributed by atoms with van der Waals surface area (Å²) in [4.78, 5) is 12.6. The molecule has 30 heavy (non-hydrogen) atoms. The van der Waals surface area contributed by atoms with Crippen molar-refractivity contribution in [1.82, 2.24) is 35.0 Å². The van der Waals surface area contributed by atoms with Gasteiger partial charge in [0.2, 0.25) is 0 Å². The number of fused-ring (bicyclic) bond motifs is 2. The second-order valence-corrected chi connectivity index (χ2v) is 8.11. The average molecular weight is 397 g/mol. The van der Waals surface area contributed by atoms with Crippen LogP contribution in [0, 0.1) is 6.92 Å². The second-order valence-electron chi connectivity index (χ2n) is 8.11. The van der Waals surface area contributed by atoms with Crippen LogP contribution in [0.25, 0.3) is 39.0 Å². The van der Waals surface area contributed by atoms with Gasteiger partial charge in [0.1, 0.15) is 0 Å². The molecule has 0 bridgehead atoms. The Hall–Kier alpha value is -3.45. The topological polar surface area (TPSA) is 87.2 Å². The number of nitrogens with zero attached hydrogens (tertiary/aromatic N) is 4. The number of hydrogen-bond acceptors (Lipinski definition) is 4. The highest BCUT2D eigenvalue weighted by Crippen LogP contribution is 2.33. The Morgan fingerprint density at radius 3 is 2.80 bits per heavy atom. The molecule has 150 valence electrons. The van der Waals surface area contributed by atoms with Crippen molar-refractivity contribution < 1.29 is 0 Å². The van der Waals surface area contributed by atoms with Crippen molar-refractivity contribution in [2.45, 2.75) is 25.7 Å². The molecule has 1 aliphatic rings. The monoisotopic (exact) mass is 397 g/mol. The number of piperidine rings is 1. The maximum Gasteiger partial charge on any atom is 0.181 e. The minimum atomic E-state index is 0.560. The van der Waals surface area contributed by atoms with Crippen LogP contribution in [-0.4, -0.2) is 42.8 Å². The third-order valence-corrected chi connectivity index (χ3v) is 6.14. The van der Waals surface area contributed by atoms with Crippen LogP contribution in [0.3, 0.4) is 0 Å². The number of aryl methyl sites for hydroxylation is 1. The fourth-order valence-electron chi connectivity index (χ4n) is 4.55. The molecule has 0 aliphatic carbocycles. The fraction of sp³-hybridized carbons (Fsp3) is 0.261. The Labute approximate surface area is 173 Å². The number of rotatable bonds is 3. The lowest BCUT2D eigenvalue weighted by Gasteiger charge is -2.22. The fourth-order valence-corrected chi connectivity index (χ4v) is 4.55. The maximum absolute atomic E-state index is 4.64. The van der Waals surface area contributed by atoms with Crippen molar-refractivity contribution in [3.8, 4) is 17.1 Å². The third-order valence-electron chi connectivity index (χ3n) is 6.14. The van der Waals surface area contributed by atoms with Crippen LogP contribution >= 0.6 is 0 Å². The first-order chi connectivity index (χ1) is 14.8. The number of nitrogens with one attached hydrogen (secondary N) is 3. The van der Waals surface area contributed by atoms with Gasteiger partial charge < -0.3 is 14.9 Å². The summed E-state index contributed by atoms with van der Waals surface area (Å²) >= 11 is 0. The average Bonchev–Trinajstić information content (AvgIpc) is 3.51. The van der Waals surface area contributed by atoms with Crippen LogP contribution in [0.2, 0.25) is 0 Å². The van der Waals surface area contributed by atoms with Crippen LogP contribution in [0.1, 0.15) is 30.0 Å². The molecule has 5 heterocycles. The Kier molecular flexibility index (Phi) is 3.95. The van der Waals surface area contributed by atoms with E-state index in [1.807, 2.05) is 25.6 Å². The molecule has 0 spiro atoms. The van der Waals surface area contributed by atoms with E-state index in [-0.39, 0.29) is 0 Å². The number of aromatic nitrogens is 6. The Balaban J connectivity index is 1.47. The summed E-state index contributed by atoms with van der Waals surface area (Å²) in [7, 11) is 0. The molecule has 3 N–H and O–H groups in total. The molecule has 1 saturated heterocycles. The third kappa shape index (κ3) is 2.81. The first kappa shape index (κ1) is 17.4. The standard InChI is InChI=1S/C23H23N7/c1-14-12-30(13-26-14)21-4-2-3-19-17(21)10-20(27-19)22-18-9-16(11-25-23(18)29-28-22)15-5-7-24-8-6-15/h2-4,9-13,15,24,27H,5-8H2,1H3,(H,25,28,29). The van der Waals surface area contributed by atoms with Crippen LogP contribution in [0.5, 0.6) is 0 Å². The summed E-state index contributed by atoms with van der Waals surface area (Å²) < 4.78 is 2.07. The Morgan fingerprint density at radius 2 is 1.97 bits per heavy atom. The molecule has 0 unspecified atom stereocenters. The molecular formula is C23H23N7. The van der Waals surface area contributed by atoms with Crippen molar-refractivity contribution in [2.24, 2.45) is 0 Å². The first-order valence-corrected chi connectivity index (χ1v) is 10.4. The highest BCUT2D eigenvalue weighted by molar-refractivity contribution is 5.97. The van der Waals surface area contributed by atoms with Gasteiger partial charge in [-0.2, -0.15) is 5.10 Å². The van der Waals surface area contributed by atoms with Gasteiger partial charge >= 0.3 is 0 Å². The Morgan fingerprint density at radius 1 is 1.07 bits per heavy atom. The minimum absolute atomic E-state index is 0.560. The molecule has 1 aliphatic heterocycles. The van der Waals surface area contributed by atoms with Crippen molar-refractivity contribution in [2.75, 3.05) is 13.1 Å². The van der Waals surface area contributed by atoms with Gasteiger partial charge in [0.05, 0.1) is 29.1 Å². The van der Waals surface area contributed by atoms with Gasteiger partial charge in [-0.25, -0.2) is 9.97 Å². The van der Waals surface area contributed by atoms with Crippen molar-refractivity contribution in [1.29, 1.82) is 0 Å². The minimum Gasteiger partial charge on any atom is -0.353 e. The van der Waals surface area contributed by atoms with Gasteiger partial charge in [-0.15, -0.1) is 0 Å². The number of aromatic amines is 2. The molecule has 7 heteroatoms. The van der Waals surface area contributed by atoms with Gasteiger partial charge in [-0.05, 0) is 68.6 Å². The molecule has 1 fully saturated rings. The normalized spacial score (nSPS) is 15.4. The van der Waals surface area contributed by atoms with E-state index in [2.05, 4.69) is 65.4 Å². The van der Waals surface area contributed by atoms with E-state index < -0.39 is 0 Å².